The molecular weight excluding hydrogens is 524 g/mol. The molecule has 0 bridgehead atoms. The van der Waals surface area contributed by atoms with Crippen LogP contribution in [0.25, 0.3) is 11.0 Å². The van der Waals surface area contributed by atoms with E-state index in [-0.39, 0.29) is 48.4 Å². The summed E-state index contributed by atoms with van der Waals surface area (Å²) in [6.45, 7) is 6.02. The minimum Gasteiger partial charge on any atom is -0.458 e. The number of ether oxygens (including phenoxy) is 1. The number of aromatic amines is 1. The summed E-state index contributed by atoms with van der Waals surface area (Å²) >= 11 is 0. The van der Waals surface area contributed by atoms with E-state index in [0.29, 0.717) is 6.42 Å². The lowest BCUT2D eigenvalue weighted by Crippen LogP contribution is -2.44. The van der Waals surface area contributed by atoms with Crippen LogP contribution < -0.4 is 0 Å². The summed E-state index contributed by atoms with van der Waals surface area (Å²) in [5.74, 6) is 1.12. The third-order valence-electron chi connectivity index (χ3n) is 7.88. The number of carbonyl (C=O) groups is 1. The molecule has 1 heterocycles. The van der Waals surface area contributed by atoms with Gasteiger partial charge in [0.25, 0.3) is 0 Å². The Kier molecular flexibility index (Phi) is 10.2. The SMILES string of the molecule is CC(C)c1cc(F)cc2c1C[C@](CCN(C)CCCc1nc3ccccc3[nH]1)(OC(=O)C1CC1)CC2.Cl.Cl. The quantitative estimate of drug-likeness (QED) is 0.275. The van der Waals surface area contributed by atoms with E-state index in [1.807, 2.05) is 18.2 Å². The Balaban J connectivity index is 0.00000200. The van der Waals surface area contributed by atoms with Gasteiger partial charge in [-0.05, 0) is 92.6 Å². The highest BCUT2D eigenvalue weighted by Gasteiger charge is 2.42. The molecule has 0 unspecified atom stereocenters. The Bertz CT molecular complexity index is 1210. The van der Waals surface area contributed by atoms with E-state index < -0.39 is 5.60 Å². The Morgan fingerprint density at radius 1 is 1.21 bits per heavy atom. The number of nitrogens with one attached hydrogen (secondary N) is 1. The van der Waals surface area contributed by atoms with Crippen molar-refractivity contribution in [2.24, 2.45) is 5.92 Å². The number of hydrogen-bond acceptors (Lipinski definition) is 4. The molecule has 0 amide bonds. The van der Waals surface area contributed by atoms with Crippen molar-refractivity contribution >= 4 is 41.8 Å². The standard InChI is InChI=1S/C30H38FN3O2.2ClH/c1-20(2)24-18-23(31)17-22-12-13-30(19-25(22)24,36-29(35)21-10-11-21)14-16-34(3)15-6-9-28-32-26-7-4-5-8-27(26)33-28;;/h4-5,7-8,17-18,20-21H,6,9-16,19H2,1-3H3,(H,32,33);2*1H/t30-;;/m0../s1. The summed E-state index contributed by atoms with van der Waals surface area (Å²) in [5, 5.41) is 0. The van der Waals surface area contributed by atoms with Gasteiger partial charge in [-0.1, -0.05) is 26.0 Å². The number of benzene rings is 2. The van der Waals surface area contributed by atoms with Crippen LogP contribution >= 0.6 is 24.8 Å². The van der Waals surface area contributed by atoms with Gasteiger partial charge in [-0.3, -0.25) is 4.79 Å². The molecule has 0 radical (unpaired) electrons. The molecular formula is C30H40Cl2FN3O2. The zero-order valence-corrected chi connectivity index (χ0v) is 24.2. The third kappa shape index (κ3) is 7.08. The van der Waals surface area contributed by atoms with Crippen molar-refractivity contribution in [1.82, 2.24) is 14.9 Å². The fraction of sp³-hybridized carbons (Fsp3) is 0.533. The van der Waals surface area contributed by atoms with Gasteiger partial charge in [-0.25, -0.2) is 9.37 Å². The lowest BCUT2D eigenvalue weighted by atomic mass is 9.75. The zero-order valence-electron chi connectivity index (χ0n) is 22.6. The average Bonchev–Trinajstić information content (AvgIpc) is 3.62. The largest absolute Gasteiger partial charge is 0.458 e. The van der Waals surface area contributed by atoms with Crippen molar-refractivity contribution in [3.8, 4) is 0 Å². The normalized spacial score (nSPS) is 18.7. The first kappa shape index (κ1) is 30.4. The second-order valence-corrected chi connectivity index (χ2v) is 11.2. The van der Waals surface area contributed by atoms with Crippen LogP contribution in [-0.2, 0) is 28.8 Å². The highest BCUT2D eigenvalue weighted by molar-refractivity contribution is 5.85. The molecule has 5 rings (SSSR count). The number of esters is 1. The number of carbonyl (C=O) groups excluding carboxylic acids is 1. The van der Waals surface area contributed by atoms with Crippen LogP contribution in [0.1, 0.15) is 74.4 Å². The van der Waals surface area contributed by atoms with Gasteiger partial charge in [0.1, 0.15) is 17.2 Å². The number of fused-ring (bicyclic) bond motifs is 2. The molecule has 1 aromatic heterocycles. The molecule has 2 aliphatic carbocycles. The van der Waals surface area contributed by atoms with Gasteiger partial charge in [0.2, 0.25) is 0 Å². The molecule has 38 heavy (non-hydrogen) atoms. The van der Waals surface area contributed by atoms with Crippen LogP contribution in [0.15, 0.2) is 36.4 Å². The van der Waals surface area contributed by atoms with Crippen molar-refractivity contribution in [2.75, 3.05) is 20.1 Å². The second kappa shape index (κ2) is 12.8. The zero-order chi connectivity index (χ0) is 25.3. The lowest BCUT2D eigenvalue weighted by molar-refractivity contribution is -0.164. The minimum absolute atomic E-state index is 0. The summed E-state index contributed by atoms with van der Waals surface area (Å²) in [7, 11) is 2.14. The van der Waals surface area contributed by atoms with Gasteiger partial charge < -0.3 is 14.6 Å². The maximum absolute atomic E-state index is 14.3. The smallest absolute Gasteiger partial charge is 0.309 e. The number of rotatable bonds is 10. The van der Waals surface area contributed by atoms with Crippen LogP contribution in [0.5, 0.6) is 0 Å². The van der Waals surface area contributed by atoms with Crippen molar-refractivity contribution in [3.05, 3.63) is 64.7 Å². The summed E-state index contributed by atoms with van der Waals surface area (Å²) in [4.78, 5) is 23.2. The Morgan fingerprint density at radius 3 is 2.68 bits per heavy atom. The summed E-state index contributed by atoms with van der Waals surface area (Å²) in [5.41, 5.74) is 4.90. The summed E-state index contributed by atoms with van der Waals surface area (Å²) in [6, 6.07) is 11.5. The molecule has 208 valence electrons. The molecule has 2 aliphatic rings. The number of H-pyrrole nitrogens is 1. The van der Waals surface area contributed by atoms with Gasteiger partial charge in [0, 0.05) is 25.8 Å². The maximum atomic E-state index is 14.3. The van der Waals surface area contributed by atoms with E-state index >= 15 is 0 Å². The Hall–Kier alpha value is -2.15. The van der Waals surface area contributed by atoms with Gasteiger partial charge in [0.15, 0.2) is 0 Å². The van der Waals surface area contributed by atoms with Gasteiger partial charge in [-0.2, -0.15) is 0 Å². The predicted molar refractivity (Wildman–Crippen MR) is 155 cm³/mol. The van der Waals surface area contributed by atoms with Gasteiger partial charge in [0.05, 0.1) is 17.0 Å². The maximum Gasteiger partial charge on any atom is 0.309 e. The van der Waals surface area contributed by atoms with Crippen LogP contribution in [0.3, 0.4) is 0 Å². The number of imidazole rings is 1. The fourth-order valence-corrected chi connectivity index (χ4v) is 5.56. The second-order valence-electron chi connectivity index (χ2n) is 11.2. The Morgan fingerprint density at radius 2 is 1.97 bits per heavy atom. The first-order chi connectivity index (χ1) is 17.3. The molecule has 0 spiro atoms. The number of hydrogen-bond donors (Lipinski definition) is 1. The highest BCUT2D eigenvalue weighted by Crippen LogP contribution is 2.41. The van der Waals surface area contributed by atoms with E-state index in [1.165, 1.54) is 5.56 Å². The first-order valence-corrected chi connectivity index (χ1v) is 13.5. The van der Waals surface area contributed by atoms with Gasteiger partial charge >= 0.3 is 5.97 Å². The number of aryl methyl sites for hydroxylation is 2. The van der Waals surface area contributed by atoms with Gasteiger partial charge in [-0.15, -0.1) is 24.8 Å². The molecule has 0 aliphatic heterocycles. The molecule has 1 fully saturated rings. The molecule has 8 heteroatoms. The fourth-order valence-electron chi connectivity index (χ4n) is 5.56. The van der Waals surface area contributed by atoms with Crippen molar-refractivity contribution < 1.29 is 13.9 Å². The van der Waals surface area contributed by atoms with E-state index in [1.54, 1.807) is 12.1 Å². The molecule has 0 saturated heterocycles. The minimum atomic E-state index is -0.513. The number of nitrogens with zero attached hydrogens (tertiary/aromatic N) is 2. The molecule has 1 saturated carbocycles. The molecule has 5 nitrogen and oxygen atoms in total. The molecule has 2 aromatic carbocycles. The number of halogens is 3. The van der Waals surface area contributed by atoms with E-state index in [2.05, 4.69) is 41.8 Å². The molecule has 1 atom stereocenters. The Labute approximate surface area is 237 Å². The number of para-hydroxylation sites is 2. The highest BCUT2D eigenvalue weighted by atomic mass is 35.5. The first-order valence-electron chi connectivity index (χ1n) is 13.5. The lowest BCUT2D eigenvalue weighted by Gasteiger charge is -2.40. The number of aromatic nitrogens is 2. The van der Waals surface area contributed by atoms with Crippen LogP contribution in [0, 0.1) is 11.7 Å². The van der Waals surface area contributed by atoms with Crippen molar-refractivity contribution in [2.45, 2.75) is 76.7 Å². The van der Waals surface area contributed by atoms with Crippen molar-refractivity contribution in [3.63, 3.8) is 0 Å². The predicted octanol–water partition coefficient (Wildman–Crippen LogP) is 6.80. The van der Waals surface area contributed by atoms with E-state index in [0.717, 1.165) is 86.0 Å². The molecule has 3 aromatic rings. The van der Waals surface area contributed by atoms with Crippen LogP contribution in [0.2, 0.25) is 0 Å². The third-order valence-corrected chi connectivity index (χ3v) is 7.88. The average molecular weight is 565 g/mol. The van der Waals surface area contributed by atoms with E-state index in [9.17, 15) is 9.18 Å². The van der Waals surface area contributed by atoms with Crippen LogP contribution in [0.4, 0.5) is 4.39 Å². The summed E-state index contributed by atoms with van der Waals surface area (Å²) < 4.78 is 20.6. The van der Waals surface area contributed by atoms with Crippen molar-refractivity contribution in [1.29, 1.82) is 0 Å². The molecule has 1 N–H and O–H groups in total. The van der Waals surface area contributed by atoms with Crippen LogP contribution in [-0.4, -0.2) is 46.6 Å². The monoisotopic (exact) mass is 563 g/mol. The summed E-state index contributed by atoms with van der Waals surface area (Å²) in [6.07, 6.45) is 6.77. The van der Waals surface area contributed by atoms with E-state index in [4.69, 9.17) is 4.74 Å². The topological polar surface area (TPSA) is 58.2 Å².